The van der Waals surface area contributed by atoms with E-state index >= 15 is 0 Å². The van der Waals surface area contributed by atoms with Crippen LogP contribution in [-0.2, 0) is 19.6 Å². The number of carboxylic acid groups (broad SMARTS) is 1. The molecule has 0 saturated carbocycles. The summed E-state index contributed by atoms with van der Waals surface area (Å²) in [5.74, 6) is -0.542. The molecule has 1 saturated heterocycles. The maximum absolute atomic E-state index is 13.5. The molecule has 1 amide bonds. The molecule has 2 atom stereocenters. The van der Waals surface area contributed by atoms with Gasteiger partial charge in [-0.05, 0) is 54.8 Å². The second kappa shape index (κ2) is 11.7. The molecule has 1 aliphatic rings. The Bertz CT molecular complexity index is 1500. The molecule has 0 radical (unpaired) electrons. The van der Waals surface area contributed by atoms with Crippen molar-refractivity contribution < 1.29 is 32.6 Å². The van der Waals surface area contributed by atoms with E-state index in [0.29, 0.717) is 17.1 Å². The SMILES string of the molecule is COc1cccc(OC)c1-c1ccc([C@@H](CC(=O)O)NC(=O)[C@]2(C)CCN2S(=O)(=O)c2cc(Cl)cc(Cl)c2)cc1. The average Bonchev–Trinajstić information content (AvgIpc) is 2.90. The fourth-order valence-electron chi connectivity index (χ4n) is 4.71. The van der Waals surface area contributed by atoms with Gasteiger partial charge >= 0.3 is 5.97 Å². The van der Waals surface area contributed by atoms with Crippen LogP contribution in [0.4, 0.5) is 0 Å². The Morgan fingerprint density at radius 3 is 2.08 bits per heavy atom. The summed E-state index contributed by atoms with van der Waals surface area (Å²) in [7, 11) is -1.01. The zero-order valence-corrected chi connectivity index (χ0v) is 24.3. The number of rotatable bonds is 10. The van der Waals surface area contributed by atoms with Crippen molar-refractivity contribution in [1.82, 2.24) is 9.62 Å². The lowest BCUT2D eigenvalue weighted by molar-refractivity contribution is -0.139. The number of amides is 1. The summed E-state index contributed by atoms with van der Waals surface area (Å²) in [5, 5.41) is 12.6. The molecule has 0 aliphatic carbocycles. The first kappa shape index (κ1) is 29.7. The van der Waals surface area contributed by atoms with Crippen molar-refractivity contribution in [3.05, 3.63) is 76.3 Å². The number of aliphatic carboxylic acids is 1. The molecule has 1 fully saturated rings. The predicted molar refractivity (Wildman–Crippen MR) is 151 cm³/mol. The van der Waals surface area contributed by atoms with Crippen molar-refractivity contribution in [1.29, 1.82) is 0 Å². The van der Waals surface area contributed by atoms with E-state index < -0.39 is 39.9 Å². The fraction of sp³-hybridized carbons (Fsp3) is 0.286. The van der Waals surface area contributed by atoms with Crippen molar-refractivity contribution in [3.8, 4) is 22.6 Å². The number of carboxylic acids is 1. The average molecular weight is 608 g/mol. The van der Waals surface area contributed by atoms with Crippen LogP contribution in [0.25, 0.3) is 11.1 Å². The van der Waals surface area contributed by atoms with Crippen LogP contribution < -0.4 is 14.8 Å². The number of sulfonamides is 1. The molecule has 9 nitrogen and oxygen atoms in total. The Morgan fingerprint density at radius 1 is 1.02 bits per heavy atom. The Hall–Kier alpha value is -3.31. The third-order valence-corrected chi connectivity index (χ3v) is 9.41. The van der Waals surface area contributed by atoms with Gasteiger partial charge < -0.3 is 19.9 Å². The van der Waals surface area contributed by atoms with Crippen LogP contribution in [0.2, 0.25) is 10.0 Å². The predicted octanol–water partition coefficient (Wildman–Crippen LogP) is 5.16. The van der Waals surface area contributed by atoms with Gasteiger partial charge in [0.25, 0.3) is 0 Å². The van der Waals surface area contributed by atoms with E-state index in [0.717, 1.165) is 15.4 Å². The Morgan fingerprint density at radius 2 is 1.60 bits per heavy atom. The molecule has 0 bridgehead atoms. The minimum atomic E-state index is -4.11. The summed E-state index contributed by atoms with van der Waals surface area (Å²) < 4.78 is 38.8. The maximum atomic E-state index is 13.5. The summed E-state index contributed by atoms with van der Waals surface area (Å²) in [6, 6.07) is 15.4. The van der Waals surface area contributed by atoms with Crippen LogP contribution in [0, 0.1) is 0 Å². The maximum Gasteiger partial charge on any atom is 0.305 e. The zero-order chi connectivity index (χ0) is 29.2. The van der Waals surface area contributed by atoms with Crippen molar-refractivity contribution in [2.24, 2.45) is 0 Å². The van der Waals surface area contributed by atoms with Crippen molar-refractivity contribution >= 4 is 45.1 Å². The van der Waals surface area contributed by atoms with Crippen LogP contribution in [0.5, 0.6) is 11.5 Å². The molecule has 1 aliphatic heterocycles. The number of hydrogen-bond acceptors (Lipinski definition) is 6. The smallest absolute Gasteiger partial charge is 0.305 e. The molecule has 40 heavy (non-hydrogen) atoms. The standard InChI is InChI=1S/C28H28Cl2N2O7S/c1-28(11-12-32(28)40(36,37)21-14-19(29)13-20(30)15-21)27(35)31-22(16-25(33)34)17-7-9-18(10-8-17)26-23(38-2)5-4-6-24(26)39-3/h4-10,13-15,22H,11-12,16H2,1-3H3,(H,31,35)(H,33,34)/t22-,28+/m1/s1. The van der Waals surface area contributed by atoms with Gasteiger partial charge in [0.2, 0.25) is 15.9 Å². The molecule has 212 valence electrons. The topological polar surface area (TPSA) is 122 Å². The second-order valence-corrected chi connectivity index (χ2v) is 12.2. The lowest BCUT2D eigenvalue weighted by Crippen LogP contribution is -2.67. The van der Waals surface area contributed by atoms with Crippen LogP contribution in [0.1, 0.15) is 31.4 Å². The van der Waals surface area contributed by atoms with E-state index in [1.807, 2.05) is 0 Å². The molecule has 0 aromatic heterocycles. The van der Waals surface area contributed by atoms with Crippen molar-refractivity contribution in [2.45, 2.75) is 36.2 Å². The molecular weight excluding hydrogens is 579 g/mol. The van der Waals surface area contributed by atoms with E-state index in [4.69, 9.17) is 32.7 Å². The van der Waals surface area contributed by atoms with Gasteiger partial charge in [0.1, 0.15) is 17.0 Å². The molecule has 1 heterocycles. The minimum Gasteiger partial charge on any atom is -0.496 e. The Labute approximate surface area is 242 Å². The minimum absolute atomic E-state index is 0.107. The number of carbonyl (C=O) groups excluding carboxylic acids is 1. The third kappa shape index (κ3) is 5.76. The van der Waals surface area contributed by atoms with Gasteiger partial charge in [-0.25, -0.2) is 8.42 Å². The monoisotopic (exact) mass is 606 g/mol. The normalized spacial score (nSPS) is 17.9. The van der Waals surface area contributed by atoms with Gasteiger partial charge in [-0.2, -0.15) is 4.31 Å². The van der Waals surface area contributed by atoms with Gasteiger partial charge in [0.05, 0.1) is 37.1 Å². The highest BCUT2D eigenvalue weighted by Gasteiger charge is 2.53. The Kier molecular flexibility index (Phi) is 8.65. The first-order valence-electron chi connectivity index (χ1n) is 12.2. The molecular formula is C28H28Cl2N2O7S. The fourth-order valence-corrected chi connectivity index (χ4v) is 7.21. The second-order valence-electron chi connectivity index (χ2n) is 9.49. The number of nitrogens with one attached hydrogen (secondary N) is 1. The molecule has 0 spiro atoms. The number of methoxy groups -OCH3 is 2. The van der Waals surface area contributed by atoms with Gasteiger partial charge in [-0.15, -0.1) is 0 Å². The summed E-state index contributed by atoms with van der Waals surface area (Å²) in [4.78, 5) is 25.1. The van der Waals surface area contributed by atoms with Crippen LogP contribution in [-0.4, -0.2) is 56.0 Å². The van der Waals surface area contributed by atoms with E-state index in [1.165, 1.54) is 25.1 Å². The number of benzene rings is 3. The summed E-state index contributed by atoms with van der Waals surface area (Å²) in [5.41, 5.74) is 0.589. The highest BCUT2D eigenvalue weighted by Crippen LogP contribution is 2.40. The largest absolute Gasteiger partial charge is 0.496 e. The molecule has 3 aromatic carbocycles. The lowest BCUT2D eigenvalue weighted by atomic mass is 9.88. The molecule has 2 N–H and O–H groups in total. The van der Waals surface area contributed by atoms with Crippen molar-refractivity contribution in [2.75, 3.05) is 20.8 Å². The number of ether oxygens (including phenoxy) is 2. The van der Waals surface area contributed by atoms with E-state index in [2.05, 4.69) is 5.32 Å². The highest BCUT2D eigenvalue weighted by atomic mass is 35.5. The number of nitrogens with zero attached hydrogens (tertiary/aromatic N) is 1. The van der Waals surface area contributed by atoms with E-state index in [1.54, 1.807) is 56.7 Å². The zero-order valence-electron chi connectivity index (χ0n) is 22.0. The first-order valence-corrected chi connectivity index (χ1v) is 14.4. The number of hydrogen-bond donors (Lipinski definition) is 2. The van der Waals surface area contributed by atoms with E-state index in [9.17, 15) is 23.1 Å². The highest BCUT2D eigenvalue weighted by molar-refractivity contribution is 7.89. The summed E-state index contributed by atoms with van der Waals surface area (Å²) in [6.45, 7) is 1.61. The summed E-state index contributed by atoms with van der Waals surface area (Å²) >= 11 is 12.0. The van der Waals surface area contributed by atoms with Crippen LogP contribution >= 0.6 is 23.2 Å². The van der Waals surface area contributed by atoms with E-state index in [-0.39, 0.29) is 27.9 Å². The number of halogens is 2. The lowest BCUT2D eigenvalue weighted by Gasteiger charge is -2.48. The quantitative estimate of drug-likeness (QED) is 0.327. The number of carbonyl (C=O) groups is 2. The summed E-state index contributed by atoms with van der Waals surface area (Å²) in [6.07, 6.45) is -0.158. The molecule has 0 unspecified atom stereocenters. The van der Waals surface area contributed by atoms with Crippen molar-refractivity contribution in [3.63, 3.8) is 0 Å². The third-order valence-electron chi connectivity index (χ3n) is 6.98. The van der Waals surface area contributed by atoms with Gasteiger partial charge in [0, 0.05) is 16.6 Å². The molecule has 3 aromatic rings. The first-order chi connectivity index (χ1) is 18.9. The van der Waals surface area contributed by atoms with Crippen LogP contribution in [0.15, 0.2) is 65.6 Å². The molecule has 4 rings (SSSR count). The molecule has 12 heteroatoms. The van der Waals surface area contributed by atoms with Gasteiger partial charge in [-0.3, -0.25) is 9.59 Å². The van der Waals surface area contributed by atoms with Crippen LogP contribution in [0.3, 0.4) is 0 Å². The van der Waals surface area contributed by atoms with Gasteiger partial charge in [0.15, 0.2) is 0 Å². The Balaban J connectivity index is 1.60. The van der Waals surface area contributed by atoms with Gasteiger partial charge in [-0.1, -0.05) is 53.5 Å².